The molecule has 1 aromatic carbocycles. The van der Waals surface area contributed by atoms with Gasteiger partial charge in [-0.05, 0) is 18.4 Å². The zero-order valence-electron chi connectivity index (χ0n) is 15.0. The van der Waals surface area contributed by atoms with Gasteiger partial charge in [-0.1, -0.05) is 37.3 Å². The fourth-order valence-electron chi connectivity index (χ4n) is 3.33. The first-order valence-electron chi connectivity index (χ1n) is 8.89. The molecule has 0 unspecified atom stereocenters. The van der Waals surface area contributed by atoms with E-state index in [9.17, 15) is 4.79 Å². The Morgan fingerprint density at radius 3 is 2.64 bits per heavy atom. The molecule has 1 atom stereocenters. The van der Waals surface area contributed by atoms with E-state index in [-0.39, 0.29) is 11.8 Å². The van der Waals surface area contributed by atoms with E-state index in [0.29, 0.717) is 19.1 Å². The van der Waals surface area contributed by atoms with Crippen LogP contribution in [0.2, 0.25) is 0 Å². The maximum atomic E-state index is 12.6. The summed E-state index contributed by atoms with van der Waals surface area (Å²) >= 11 is 0. The fourth-order valence-corrected chi connectivity index (χ4v) is 3.33. The monoisotopic (exact) mass is 342 g/mol. The zero-order valence-corrected chi connectivity index (χ0v) is 15.0. The maximum absolute atomic E-state index is 12.6. The average Bonchev–Trinajstić information content (AvgIpc) is 3.08. The van der Waals surface area contributed by atoms with Crippen molar-refractivity contribution in [1.29, 1.82) is 0 Å². The molecule has 134 valence electrons. The number of ether oxygens (including phenoxy) is 1. The van der Waals surface area contributed by atoms with E-state index in [4.69, 9.17) is 4.74 Å². The molecule has 0 saturated carbocycles. The molecule has 1 saturated heterocycles. The fraction of sp³-hybridized carbons (Fsp3) is 0.526. The molecule has 25 heavy (non-hydrogen) atoms. The maximum Gasteiger partial charge on any atom is 0.227 e. The summed E-state index contributed by atoms with van der Waals surface area (Å²) < 4.78 is 7.69. The number of aromatic nitrogens is 3. The normalized spacial score (nSPS) is 16.8. The molecule has 1 aliphatic heterocycles. The molecule has 2 heterocycles. The summed E-state index contributed by atoms with van der Waals surface area (Å²) in [5.74, 6) is 1.48. The number of aryl methyl sites for hydroxylation is 1. The van der Waals surface area contributed by atoms with Crippen LogP contribution in [0.5, 0.6) is 0 Å². The van der Waals surface area contributed by atoms with Gasteiger partial charge in [0, 0.05) is 26.1 Å². The number of hydrogen-bond donors (Lipinski definition) is 0. The Kier molecular flexibility index (Phi) is 5.81. The van der Waals surface area contributed by atoms with Crippen LogP contribution in [0, 0.1) is 5.92 Å². The molecule has 6 heteroatoms. The van der Waals surface area contributed by atoms with Crippen molar-refractivity contribution in [1.82, 2.24) is 19.7 Å². The Balaban J connectivity index is 1.43. The first-order valence-corrected chi connectivity index (χ1v) is 8.89. The second-order valence-corrected chi connectivity index (χ2v) is 6.80. The molecule has 0 radical (unpaired) electrons. The number of hydrogen-bond acceptors (Lipinski definition) is 4. The number of nitrogens with zero attached hydrogens (tertiary/aromatic N) is 4. The Bertz CT molecular complexity index is 678. The van der Waals surface area contributed by atoms with Gasteiger partial charge < -0.3 is 14.2 Å². The quantitative estimate of drug-likeness (QED) is 0.809. The van der Waals surface area contributed by atoms with E-state index in [1.165, 1.54) is 0 Å². The van der Waals surface area contributed by atoms with Gasteiger partial charge in [0.2, 0.25) is 5.91 Å². The predicted octanol–water partition coefficient (Wildman–Crippen LogP) is 2.37. The molecular formula is C19H26N4O2. The number of benzene rings is 1. The second-order valence-electron chi connectivity index (χ2n) is 6.80. The van der Waals surface area contributed by atoms with E-state index in [2.05, 4.69) is 10.2 Å². The number of rotatable bonds is 6. The molecule has 2 aromatic rings. The highest BCUT2D eigenvalue weighted by Crippen LogP contribution is 2.26. The molecule has 0 N–H and O–H groups in total. The van der Waals surface area contributed by atoms with Crippen LogP contribution in [0.3, 0.4) is 0 Å². The Morgan fingerprint density at radius 2 is 2.00 bits per heavy atom. The van der Waals surface area contributed by atoms with Crippen LogP contribution in [-0.4, -0.2) is 45.3 Å². The van der Waals surface area contributed by atoms with Crippen molar-refractivity contribution in [2.24, 2.45) is 13.0 Å². The van der Waals surface area contributed by atoms with Crippen molar-refractivity contribution in [3.8, 4) is 0 Å². The molecular weight excluding hydrogens is 316 g/mol. The summed E-state index contributed by atoms with van der Waals surface area (Å²) in [5, 5.41) is 8.16. The minimum absolute atomic E-state index is 0.116. The van der Waals surface area contributed by atoms with Crippen LogP contribution in [0.15, 0.2) is 36.7 Å². The van der Waals surface area contributed by atoms with Gasteiger partial charge >= 0.3 is 0 Å². The Hall–Kier alpha value is -2.21. The third kappa shape index (κ3) is 4.45. The number of piperidine rings is 1. The van der Waals surface area contributed by atoms with Gasteiger partial charge in [-0.3, -0.25) is 4.79 Å². The molecule has 1 fully saturated rings. The van der Waals surface area contributed by atoms with E-state index in [1.807, 2.05) is 53.8 Å². The van der Waals surface area contributed by atoms with Crippen molar-refractivity contribution in [3.63, 3.8) is 0 Å². The number of carbonyl (C=O) groups excluding carboxylic acids is 1. The summed E-state index contributed by atoms with van der Waals surface area (Å²) in [5.41, 5.74) is 1.13. The lowest BCUT2D eigenvalue weighted by Crippen LogP contribution is -2.42. The highest BCUT2D eigenvalue weighted by molar-refractivity contribution is 5.78. The van der Waals surface area contributed by atoms with Crippen molar-refractivity contribution < 1.29 is 9.53 Å². The summed E-state index contributed by atoms with van der Waals surface area (Å²) in [4.78, 5) is 14.6. The SMILES string of the molecule is C[C@@H](COCc1ccccc1)C(=O)N1CCC(c2nncn2C)CC1. The standard InChI is InChI=1S/C19H26N4O2/c1-15(12-25-13-16-6-4-3-5-7-16)19(24)23-10-8-17(9-11-23)18-21-20-14-22(18)2/h3-7,14-15,17H,8-13H2,1-2H3/t15-/m0/s1. The van der Waals surface area contributed by atoms with Gasteiger partial charge in [0.05, 0.1) is 19.1 Å². The number of amides is 1. The largest absolute Gasteiger partial charge is 0.376 e. The molecule has 6 nitrogen and oxygen atoms in total. The van der Waals surface area contributed by atoms with Crippen LogP contribution in [0.1, 0.15) is 37.1 Å². The summed E-state index contributed by atoms with van der Waals surface area (Å²) in [6, 6.07) is 10.0. The van der Waals surface area contributed by atoms with Crippen LogP contribution >= 0.6 is 0 Å². The van der Waals surface area contributed by atoms with Gasteiger partial charge in [-0.25, -0.2) is 0 Å². The zero-order chi connectivity index (χ0) is 17.6. The van der Waals surface area contributed by atoms with Crippen molar-refractivity contribution in [2.75, 3.05) is 19.7 Å². The third-order valence-electron chi connectivity index (χ3n) is 4.82. The molecule has 1 aromatic heterocycles. The first-order chi connectivity index (χ1) is 12.1. The molecule has 1 aliphatic rings. The van der Waals surface area contributed by atoms with Crippen LogP contribution < -0.4 is 0 Å². The van der Waals surface area contributed by atoms with Gasteiger partial charge in [-0.2, -0.15) is 0 Å². The molecule has 3 rings (SSSR count). The Morgan fingerprint density at radius 1 is 1.28 bits per heavy atom. The predicted molar refractivity (Wildman–Crippen MR) is 94.8 cm³/mol. The summed E-state index contributed by atoms with van der Waals surface area (Å²) in [6.07, 6.45) is 3.62. The highest BCUT2D eigenvalue weighted by atomic mass is 16.5. The minimum atomic E-state index is -0.116. The van der Waals surface area contributed by atoms with E-state index in [0.717, 1.165) is 37.3 Å². The first kappa shape index (κ1) is 17.6. The van der Waals surface area contributed by atoms with Gasteiger partial charge in [0.25, 0.3) is 0 Å². The van der Waals surface area contributed by atoms with Crippen LogP contribution in [-0.2, 0) is 23.2 Å². The van der Waals surface area contributed by atoms with Crippen molar-refractivity contribution in [3.05, 3.63) is 48.0 Å². The van der Waals surface area contributed by atoms with Crippen LogP contribution in [0.25, 0.3) is 0 Å². The van der Waals surface area contributed by atoms with Gasteiger partial charge in [-0.15, -0.1) is 10.2 Å². The number of carbonyl (C=O) groups is 1. The van der Waals surface area contributed by atoms with E-state index in [1.54, 1.807) is 6.33 Å². The second kappa shape index (κ2) is 8.25. The molecule has 0 spiro atoms. The lowest BCUT2D eigenvalue weighted by molar-refractivity contribution is -0.138. The van der Waals surface area contributed by atoms with E-state index < -0.39 is 0 Å². The van der Waals surface area contributed by atoms with Crippen LogP contribution in [0.4, 0.5) is 0 Å². The summed E-state index contributed by atoms with van der Waals surface area (Å²) in [7, 11) is 1.97. The Labute approximate surface area is 148 Å². The average molecular weight is 342 g/mol. The molecule has 1 amide bonds. The third-order valence-corrected chi connectivity index (χ3v) is 4.82. The van der Waals surface area contributed by atoms with Crippen molar-refractivity contribution in [2.45, 2.75) is 32.3 Å². The number of likely N-dealkylation sites (tertiary alicyclic amines) is 1. The van der Waals surface area contributed by atoms with Gasteiger partial charge in [0.1, 0.15) is 12.2 Å². The van der Waals surface area contributed by atoms with Crippen molar-refractivity contribution >= 4 is 5.91 Å². The summed E-state index contributed by atoms with van der Waals surface area (Å²) in [6.45, 7) is 4.50. The molecule has 0 aliphatic carbocycles. The van der Waals surface area contributed by atoms with Gasteiger partial charge in [0.15, 0.2) is 0 Å². The minimum Gasteiger partial charge on any atom is -0.376 e. The lowest BCUT2D eigenvalue weighted by atomic mass is 9.95. The highest BCUT2D eigenvalue weighted by Gasteiger charge is 2.28. The topological polar surface area (TPSA) is 60.2 Å². The smallest absolute Gasteiger partial charge is 0.227 e. The molecule has 0 bridgehead atoms. The van der Waals surface area contributed by atoms with E-state index >= 15 is 0 Å². The lowest BCUT2D eigenvalue weighted by Gasteiger charge is -2.33.